The van der Waals surface area contributed by atoms with Crippen LogP contribution in [0.1, 0.15) is 19.5 Å². The zero-order chi connectivity index (χ0) is 19.8. The van der Waals surface area contributed by atoms with Gasteiger partial charge in [0.25, 0.3) is 0 Å². The zero-order valence-electron chi connectivity index (χ0n) is 16.6. The Morgan fingerprint density at radius 1 is 1.24 bits per heavy atom. The van der Waals surface area contributed by atoms with Crippen molar-refractivity contribution >= 4 is 47.0 Å². The lowest BCUT2D eigenvalue weighted by atomic mass is 10.2. The summed E-state index contributed by atoms with van der Waals surface area (Å²) in [6.07, 6.45) is 1.64. The first-order valence-electron chi connectivity index (χ1n) is 9.08. The summed E-state index contributed by atoms with van der Waals surface area (Å²) in [5, 5.41) is 8.49. The van der Waals surface area contributed by atoms with Crippen LogP contribution in [-0.4, -0.2) is 31.2 Å². The number of halogens is 1. The van der Waals surface area contributed by atoms with E-state index in [0.29, 0.717) is 36.5 Å². The van der Waals surface area contributed by atoms with Crippen molar-refractivity contribution in [3.05, 3.63) is 47.7 Å². The average Bonchev–Trinajstić information content (AvgIpc) is 3.39. The van der Waals surface area contributed by atoms with Crippen LogP contribution in [0.2, 0.25) is 0 Å². The number of rotatable bonds is 8. The number of anilines is 1. The van der Waals surface area contributed by atoms with Gasteiger partial charge in [-0.1, -0.05) is 6.07 Å². The van der Waals surface area contributed by atoms with E-state index in [2.05, 4.69) is 20.6 Å². The van der Waals surface area contributed by atoms with E-state index in [4.69, 9.17) is 13.9 Å². The number of ether oxygens (including phenoxy) is 2. The number of methoxy groups -OCH3 is 1. The van der Waals surface area contributed by atoms with E-state index >= 15 is 0 Å². The van der Waals surface area contributed by atoms with Crippen molar-refractivity contribution in [1.82, 2.24) is 10.3 Å². The quantitative estimate of drug-likeness (QED) is 0.243. The predicted octanol–water partition coefficient (Wildman–Crippen LogP) is 5.01. The Labute approximate surface area is 191 Å². The van der Waals surface area contributed by atoms with Gasteiger partial charge in [-0.25, -0.2) is 9.98 Å². The highest BCUT2D eigenvalue weighted by atomic mass is 127. The van der Waals surface area contributed by atoms with Crippen molar-refractivity contribution in [2.45, 2.75) is 20.4 Å². The number of hydrogen-bond acceptors (Lipinski definition) is 6. The second kappa shape index (κ2) is 11.7. The summed E-state index contributed by atoms with van der Waals surface area (Å²) in [5.41, 5.74) is 1.62. The Kier molecular flexibility index (Phi) is 9.26. The van der Waals surface area contributed by atoms with Crippen LogP contribution < -0.4 is 20.1 Å². The summed E-state index contributed by atoms with van der Waals surface area (Å²) >= 11 is 1.59. The largest absolute Gasteiger partial charge is 0.493 e. The molecule has 0 radical (unpaired) electrons. The first-order chi connectivity index (χ1) is 13.7. The third-order valence-electron chi connectivity index (χ3n) is 3.75. The Morgan fingerprint density at radius 3 is 2.79 bits per heavy atom. The van der Waals surface area contributed by atoms with Crippen molar-refractivity contribution in [3.8, 4) is 22.3 Å². The molecule has 0 aliphatic rings. The first kappa shape index (κ1) is 23.0. The van der Waals surface area contributed by atoms with E-state index in [1.807, 2.05) is 49.6 Å². The summed E-state index contributed by atoms with van der Waals surface area (Å²) in [6, 6.07) is 9.63. The maximum absolute atomic E-state index is 5.56. The molecule has 0 fully saturated rings. The molecule has 29 heavy (non-hydrogen) atoms. The number of guanidine groups is 1. The van der Waals surface area contributed by atoms with Gasteiger partial charge in [0.15, 0.2) is 17.5 Å². The van der Waals surface area contributed by atoms with Crippen molar-refractivity contribution in [2.24, 2.45) is 4.99 Å². The SMILES string of the molecule is CCNC(=NCc1coc(-c2cccs2)n1)Nc1ccc(OCC)c(OC)c1.I. The number of benzene rings is 1. The van der Waals surface area contributed by atoms with E-state index in [1.54, 1.807) is 24.7 Å². The molecule has 9 heteroatoms. The Bertz CT molecular complexity index is 912. The fourth-order valence-corrected chi connectivity index (χ4v) is 3.17. The fourth-order valence-electron chi connectivity index (χ4n) is 2.52. The van der Waals surface area contributed by atoms with Crippen molar-refractivity contribution in [1.29, 1.82) is 0 Å². The molecule has 7 nitrogen and oxygen atoms in total. The standard InChI is InChI=1S/C20H24N4O3S.HI/c1-4-21-20(24-14-8-9-16(26-5-2)17(11-14)25-3)22-12-15-13-27-19(23-15)18-7-6-10-28-18;/h6-11,13H,4-5,12H2,1-3H3,(H2,21,22,24);1H. The number of aromatic nitrogens is 1. The lowest BCUT2D eigenvalue weighted by Crippen LogP contribution is -2.30. The van der Waals surface area contributed by atoms with Crippen molar-refractivity contribution < 1.29 is 13.9 Å². The van der Waals surface area contributed by atoms with Crippen molar-refractivity contribution in [3.63, 3.8) is 0 Å². The predicted molar refractivity (Wildman–Crippen MR) is 128 cm³/mol. The molecule has 0 aliphatic heterocycles. The minimum Gasteiger partial charge on any atom is -0.493 e. The Balaban J connectivity index is 0.00000300. The number of oxazole rings is 1. The molecule has 156 valence electrons. The van der Waals surface area contributed by atoms with Crippen LogP contribution in [0.5, 0.6) is 11.5 Å². The summed E-state index contributed by atoms with van der Waals surface area (Å²) < 4.78 is 16.5. The lowest BCUT2D eigenvalue weighted by Gasteiger charge is -2.14. The molecule has 0 spiro atoms. The summed E-state index contributed by atoms with van der Waals surface area (Å²) in [4.78, 5) is 10.1. The Morgan fingerprint density at radius 2 is 2.10 bits per heavy atom. The van der Waals surface area contributed by atoms with Gasteiger partial charge in [-0.3, -0.25) is 0 Å². The minimum absolute atomic E-state index is 0. The second-order valence-corrected chi connectivity index (χ2v) is 6.69. The molecule has 0 saturated carbocycles. The topological polar surface area (TPSA) is 80.9 Å². The zero-order valence-corrected chi connectivity index (χ0v) is 19.7. The average molecular weight is 528 g/mol. The van der Waals surface area contributed by atoms with Crippen molar-refractivity contribution in [2.75, 3.05) is 25.6 Å². The number of hydrogen-bond donors (Lipinski definition) is 2. The molecule has 0 bridgehead atoms. The van der Waals surface area contributed by atoms with E-state index < -0.39 is 0 Å². The van der Waals surface area contributed by atoms with Crippen LogP contribution in [0.15, 0.2) is 51.4 Å². The molecule has 2 aromatic heterocycles. The number of nitrogens with one attached hydrogen (secondary N) is 2. The smallest absolute Gasteiger partial charge is 0.236 e. The molecule has 3 aromatic rings. The Hall–Kier alpha value is -2.27. The number of aliphatic imine (C=N–C) groups is 1. The maximum Gasteiger partial charge on any atom is 0.236 e. The van der Waals surface area contributed by atoms with Crippen LogP contribution in [-0.2, 0) is 6.54 Å². The molecular weight excluding hydrogens is 503 g/mol. The van der Waals surface area contributed by atoms with E-state index in [1.165, 1.54) is 0 Å². The third kappa shape index (κ3) is 6.36. The van der Waals surface area contributed by atoms with Gasteiger partial charge in [0, 0.05) is 18.3 Å². The highest BCUT2D eigenvalue weighted by molar-refractivity contribution is 14.0. The highest BCUT2D eigenvalue weighted by Crippen LogP contribution is 2.30. The molecular formula is C20H25IN4O3S. The van der Waals surface area contributed by atoms with Crippen LogP contribution in [0.4, 0.5) is 5.69 Å². The monoisotopic (exact) mass is 528 g/mol. The van der Waals surface area contributed by atoms with Gasteiger partial charge in [-0.15, -0.1) is 35.3 Å². The molecule has 0 aliphatic carbocycles. The van der Waals surface area contributed by atoms with E-state index in [0.717, 1.165) is 22.8 Å². The maximum atomic E-state index is 5.56. The van der Waals surface area contributed by atoms with Gasteiger partial charge in [0.2, 0.25) is 5.89 Å². The van der Waals surface area contributed by atoms with E-state index in [9.17, 15) is 0 Å². The molecule has 0 atom stereocenters. The van der Waals surface area contributed by atoms with Gasteiger partial charge in [0.05, 0.1) is 25.1 Å². The molecule has 2 heterocycles. The van der Waals surface area contributed by atoms with Crippen LogP contribution in [0, 0.1) is 0 Å². The van der Waals surface area contributed by atoms with Gasteiger partial charge in [-0.2, -0.15) is 0 Å². The van der Waals surface area contributed by atoms with Gasteiger partial charge < -0.3 is 24.5 Å². The third-order valence-corrected chi connectivity index (χ3v) is 4.61. The fraction of sp³-hybridized carbons (Fsp3) is 0.300. The molecule has 3 rings (SSSR count). The second-order valence-electron chi connectivity index (χ2n) is 5.74. The normalized spacial score (nSPS) is 10.9. The molecule has 2 N–H and O–H groups in total. The summed E-state index contributed by atoms with van der Waals surface area (Å²) in [5.74, 6) is 2.64. The number of nitrogens with zero attached hydrogens (tertiary/aromatic N) is 2. The van der Waals surface area contributed by atoms with E-state index in [-0.39, 0.29) is 24.0 Å². The summed E-state index contributed by atoms with van der Waals surface area (Å²) in [6.45, 7) is 5.67. The van der Waals surface area contributed by atoms with Crippen LogP contribution >= 0.6 is 35.3 Å². The summed E-state index contributed by atoms with van der Waals surface area (Å²) in [7, 11) is 1.62. The van der Waals surface area contributed by atoms with Gasteiger partial charge >= 0.3 is 0 Å². The molecule has 1 aromatic carbocycles. The number of thiophene rings is 1. The molecule has 0 amide bonds. The lowest BCUT2D eigenvalue weighted by molar-refractivity contribution is 0.311. The van der Waals surface area contributed by atoms with Crippen LogP contribution in [0.25, 0.3) is 10.8 Å². The highest BCUT2D eigenvalue weighted by Gasteiger charge is 2.09. The molecule has 0 saturated heterocycles. The molecule has 0 unspecified atom stereocenters. The van der Waals surface area contributed by atoms with Gasteiger partial charge in [-0.05, 0) is 37.4 Å². The van der Waals surface area contributed by atoms with Gasteiger partial charge in [0.1, 0.15) is 12.0 Å². The van der Waals surface area contributed by atoms with Crippen LogP contribution in [0.3, 0.4) is 0 Å². The first-order valence-corrected chi connectivity index (χ1v) is 9.95. The minimum atomic E-state index is 0.